The quantitative estimate of drug-likeness (QED) is 0.529. The molecule has 9 heteroatoms. The van der Waals surface area contributed by atoms with Crippen molar-refractivity contribution in [2.24, 2.45) is 0 Å². The molecule has 0 radical (unpaired) electrons. The summed E-state index contributed by atoms with van der Waals surface area (Å²) in [5.41, 5.74) is 0.247. The van der Waals surface area contributed by atoms with Gasteiger partial charge in [0.25, 0.3) is 0 Å². The first-order valence-corrected chi connectivity index (χ1v) is 13.6. The van der Waals surface area contributed by atoms with Gasteiger partial charge in [0.05, 0.1) is 24.9 Å². The summed E-state index contributed by atoms with van der Waals surface area (Å²) in [6.07, 6.45) is 3.33. The van der Waals surface area contributed by atoms with Crippen LogP contribution in [0.15, 0.2) is 42.5 Å². The maximum atomic E-state index is 14.0. The lowest BCUT2D eigenvalue weighted by molar-refractivity contribution is -0.139. The highest BCUT2D eigenvalue weighted by Gasteiger charge is 2.47. The number of rotatable bonds is 5. The molecule has 39 heavy (non-hydrogen) atoms. The van der Waals surface area contributed by atoms with Crippen LogP contribution in [0.4, 0.5) is 14.9 Å². The zero-order valence-electron chi connectivity index (χ0n) is 23.2. The van der Waals surface area contributed by atoms with E-state index >= 15 is 0 Å². The van der Waals surface area contributed by atoms with E-state index < -0.39 is 23.2 Å². The first kappa shape index (κ1) is 28.4. The van der Waals surface area contributed by atoms with Crippen LogP contribution in [0.2, 0.25) is 0 Å². The highest BCUT2D eigenvalue weighted by Crippen LogP contribution is 2.34. The Bertz CT molecular complexity index is 1220. The van der Waals surface area contributed by atoms with Crippen molar-refractivity contribution < 1.29 is 28.2 Å². The second kappa shape index (κ2) is 11.6. The van der Waals surface area contributed by atoms with E-state index in [1.54, 1.807) is 45.0 Å². The fourth-order valence-electron chi connectivity index (χ4n) is 5.42. The minimum atomic E-state index is -1.22. The number of piperidine rings is 2. The minimum Gasteiger partial charge on any atom is -0.465 e. The van der Waals surface area contributed by atoms with Gasteiger partial charge in [-0.2, -0.15) is 0 Å². The molecule has 1 atom stereocenters. The first-order valence-electron chi connectivity index (χ1n) is 13.6. The normalized spacial score (nSPS) is 19.8. The fraction of sp³-hybridized carbons (Fsp3) is 0.500. The molecule has 8 nitrogen and oxygen atoms in total. The molecule has 2 fully saturated rings. The lowest BCUT2D eigenvalue weighted by Gasteiger charge is -2.46. The van der Waals surface area contributed by atoms with Crippen LogP contribution in [-0.2, 0) is 14.3 Å². The Morgan fingerprint density at radius 3 is 2.33 bits per heavy atom. The van der Waals surface area contributed by atoms with Gasteiger partial charge in [-0.25, -0.2) is 14.0 Å². The van der Waals surface area contributed by atoms with Crippen molar-refractivity contribution in [2.45, 2.75) is 64.0 Å². The van der Waals surface area contributed by atoms with Gasteiger partial charge in [0, 0.05) is 19.6 Å². The van der Waals surface area contributed by atoms with Gasteiger partial charge in [-0.15, -0.1) is 0 Å². The molecule has 0 saturated carbocycles. The molecule has 0 aromatic heterocycles. The molecule has 210 valence electrons. The molecule has 0 spiro atoms. The standard InChI is InChI=1S/C30H38FN3O5/c1-29(2,3)39-28(37)32-30(27(36)33-15-6-5-7-16-33)14-9-17-34(20-30)25-13-12-22(19-24(25)26(35)38-4)21-10-8-11-23(31)18-21/h8,10-13,18-19H,5-7,9,14-17,20H2,1-4H3,(H,32,37). The summed E-state index contributed by atoms with van der Waals surface area (Å²) in [7, 11) is 1.31. The second-order valence-electron chi connectivity index (χ2n) is 11.3. The molecule has 2 aliphatic rings. The average Bonchev–Trinajstić information content (AvgIpc) is 2.91. The van der Waals surface area contributed by atoms with E-state index in [0.29, 0.717) is 54.9 Å². The van der Waals surface area contributed by atoms with Crippen LogP contribution in [0.1, 0.15) is 63.2 Å². The predicted octanol–water partition coefficient (Wildman–Crippen LogP) is 5.16. The number of benzene rings is 2. The molecule has 2 aliphatic heterocycles. The number of esters is 1. The Kier molecular flexibility index (Phi) is 8.47. The number of nitrogens with one attached hydrogen (secondary N) is 1. The lowest BCUT2D eigenvalue weighted by atomic mass is 9.86. The molecular weight excluding hydrogens is 501 g/mol. The highest BCUT2D eigenvalue weighted by atomic mass is 19.1. The SMILES string of the molecule is COC(=O)c1cc(-c2cccc(F)c2)ccc1N1CCCC(NC(=O)OC(C)(C)C)(C(=O)N2CCCCC2)C1. The molecular formula is C30H38FN3O5. The van der Waals surface area contributed by atoms with Gasteiger partial charge in [-0.05, 0) is 88.3 Å². The largest absolute Gasteiger partial charge is 0.465 e. The minimum absolute atomic E-state index is 0.131. The molecule has 2 aromatic rings. The van der Waals surface area contributed by atoms with Gasteiger partial charge in [-0.1, -0.05) is 18.2 Å². The van der Waals surface area contributed by atoms with Crippen molar-refractivity contribution in [3.05, 3.63) is 53.8 Å². The van der Waals surface area contributed by atoms with Crippen LogP contribution in [-0.4, -0.2) is 67.3 Å². The van der Waals surface area contributed by atoms with E-state index in [9.17, 15) is 18.8 Å². The Hall–Kier alpha value is -3.62. The van der Waals surface area contributed by atoms with Crippen LogP contribution in [0.5, 0.6) is 0 Å². The zero-order valence-corrected chi connectivity index (χ0v) is 23.2. The molecule has 2 heterocycles. The third-order valence-electron chi connectivity index (χ3n) is 7.19. The van der Waals surface area contributed by atoms with E-state index in [4.69, 9.17) is 9.47 Å². The summed E-state index contributed by atoms with van der Waals surface area (Å²) < 4.78 is 24.5. The van der Waals surface area contributed by atoms with Crippen molar-refractivity contribution in [1.82, 2.24) is 10.2 Å². The van der Waals surface area contributed by atoms with Crippen molar-refractivity contribution in [3.8, 4) is 11.1 Å². The number of carbonyl (C=O) groups excluding carboxylic acids is 3. The van der Waals surface area contributed by atoms with E-state index in [2.05, 4.69) is 5.32 Å². The predicted molar refractivity (Wildman–Crippen MR) is 147 cm³/mol. The summed E-state index contributed by atoms with van der Waals surface area (Å²) in [5.74, 6) is -1.04. The second-order valence-corrected chi connectivity index (χ2v) is 11.3. The summed E-state index contributed by atoms with van der Waals surface area (Å²) >= 11 is 0. The highest BCUT2D eigenvalue weighted by molar-refractivity contribution is 5.98. The summed E-state index contributed by atoms with van der Waals surface area (Å²) in [5, 5.41) is 2.94. The van der Waals surface area contributed by atoms with Crippen molar-refractivity contribution in [2.75, 3.05) is 38.2 Å². The molecule has 4 rings (SSSR count). The monoisotopic (exact) mass is 539 g/mol. The number of carbonyl (C=O) groups is 3. The van der Waals surface area contributed by atoms with Gasteiger partial charge < -0.3 is 24.6 Å². The maximum Gasteiger partial charge on any atom is 0.408 e. The van der Waals surface area contributed by atoms with E-state index in [1.165, 1.54) is 19.2 Å². The Labute approximate surface area is 229 Å². The smallest absolute Gasteiger partial charge is 0.408 e. The first-order chi connectivity index (χ1) is 18.5. The van der Waals surface area contributed by atoms with Crippen LogP contribution in [0.3, 0.4) is 0 Å². The number of likely N-dealkylation sites (tertiary alicyclic amines) is 1. The molecule has 2 aromatic carbocycles. The maximum absolute atomic E-state index is 14.0. The number of amides is 2. The van der Waals surface area contributed by atoms with E-state index in [0.717, 1.165) is 19.3 Å². The molecule has 0 bridgehead atoms. The lowest BCUT2D eigenvalue weighted by Crippen LogP contribution is -2.67. The van der Waals surface area contributed by atoms with Crippen LogP contribution in [0, 0.1) is 5.82 Å². The summed E-state index contributed by atoms with van der Waals surface area (Å²) in [6, 6.07) is 11.5. The van der Waals surface area contributed by atoms with Crippen molar-refractivity contribution in [1.29, 1.82) is 0 Å². The Morgan fingerprint density at radius 1 is 0.949 bits per heavy atom. The number of methoxy groups -OCH3 is 1. The number of hydrogen-bond donors (Lipinski definition) is 1. The zero-order chi connectivity index (χ0) is 28.2. The average molecular weight is 540 g/mol. The van der Waals surface area contributed by atoms with Crippen molar-refractivity contribution >= 4 is 23.7 Å². The third kappa shape index (κ3) is 6.69. The summed E-state index contributed by atoms with van der Waals surface area (Å²) in [4.78, 5) is 43.7. The van der Waals surface area contributed by atoms with Gasteiger partial charge in [0.15, 0.2) is 0 Å². The molecule has 1 N–H and O–H groups in total. The number of alkyl carbamates (subject to hydrolysis) is 1. The topological polar surface area (TPSA) is 88.2 Å². The van der Waals surface area contributed by atoms with Gasteiger partial charge >= 0.3 is 12.1 Å². The number of halogens is 1. The fourth-order valence-corrected chi connectivity index (χ4v) is 5.42. The molecule has 0 aliphatic carbocycles. The van der Waals surface area contributed by atoms with Gasteiger partial charge in [-0.3, -0.25) is 4.79 Å². The molecule has 2 amide bonds. The van der Waals surface area contributed by atoms with E-state index in [1.807, 2.05) is 15.9 Å². The Morgan fingerprint density at radius 2 is 1.67 bits per heavy atom. The van der Waals surface area contributed by atoms with E-state index in [-0.39, 0.29) is 18.3 Å². The van der Waals surface area contributed by atoms with Crippen LogP contribution < -0.4 is 10.2 Å². The van der Waals surface area contributed by atoms with Crippen LogP contribution >= 0.6 is 0 Å². The molecule has 2 saturated heterocycles. The van der Waals surface area contributed by atoms with Crippen LogP contribution in [0.25, 0.3) is 11.1 Å². The number of hydrogen-bond acceptors (Lipinski definition) is 6. The van der Waals surface area contributed by atoms with Gasteiger partial charge in [0.2, 0.25) is 5.91 Å². The van der Waals surface area contributed by atoms with Crippen molar-refractivity contribution in [3.63, 3.8) is 0 Å². The number of nitrogens with zero attached hydrogens (tertiary/aromatic N) is 2. The molecule has 1 unspecified atom stereocenters. The third-order valence-corrected chi connectivity index (χ3v) is 7.19. The van der Waals surface area contributed by atoms with Gasteiger partial charge in [0.1, 0.15) is 17.0 Å². The number of anilines is 1. The number of ether oxygens (including phenoxy) is 2. The Balaban J connectivity index is 1.70. The summed E-state index contributed by atoms with van der Waals surface area (Å²) in [6.45, 7) is 7.38.